The zero-order chi connectivity index (χ0) is 8.77. The maximum atomic E-state index is 10.7. The summed E-state index contributed by atoms with van der Waals surface area (Å²) in [5.74, 6) is -0.291. The minimum atomic E-state index is -0.670. The fourth-order valence-corrected chi connectivity index (χ4v) is 1.44. The van der Waals surface area contributed by atoms with Crippen LogP contribution >= 0.6 is 0 Å². The lowest BCUT2D eigenvalue weighted by molar-refractivity contribution is -0.209. The first-order valence-corrected chi connectivity index (χ1v) is 3.73. The van der Waals surface area contributed by atoms with Crippen LogP contribution in [-0.4, -0.2) is 32.9 Å². The number of amides is 1. The van der Waals surface area contributed by atoms with Gasteiger partial charge in [-0.25, -0.2) is 5.06 Å². The van der Waals surface area contributed by atoms with Gasteiger partial charge < -0.3 is 5.11 Å². The molecule has 0 bridgehead atoms. The molecule has 2 aliphatic rings. The van der Waals surface area contributed by atoms with Gasteiger partial charge in [0.2, 0.25) is 5.91 Å². The van der Waals surface area contributed by atoms with Crippen LogP contribution in [0.1, 0.15) is 6.42 Å². The van der Waals surface area contributed by atoms with Gasteiger partial charge in [0.15, 0.2) is 0 Å². The summed E-state index contributed by atoms with van der Waals surface area (Å²) >= 11 is 0. The lowest BCUT2D eigenvalue weighted by atomic mass is 9.82. The summed E-state index contributed by atoms with van der Waals surface area (Å²) < 4.78 is 0. The minimum Gasteiger partial charge on any atom is -0.385 e. The largest absolute Gasteiger partial charge is 0.385 e. The van der Waals surface area contributed by atoms with E-state index in [0.29, 0.717) is 5.06 Å². The molecule has 2 rings (SSSR count). The Morgan fingerprint density at radius 3 is 2.50 bits per heavy atom. The Morgan fingerprint density at radius 2 is 2.08 bits per heavy atom. The third-order valence-electron chi connectivity index (χ3n) is 2.23. The van der Waals surface area contributed by atoms with Gasteiger partial charge in [0.1, 0.15) is 5.54 Å². The molecule has 1 aliphatic carbocycles. The predicted octanol–water partition coefficient (Wildman–Crippen LogP) is -0.166. The summed E-state index contributed by atoms with van der Waals surface area (Å²) in [6.45, 7) is 0. The second-order valence-corrected chi connectivity index (χ2v) is 3.08. The highest BCUT2D eigenvalue weighted by atomic mass is 16.5. The van der Waals surface area contributed by atoms with E-state index in [4.69, 9.17) is 5.11 Å². The molecule has 0 saturated carbocycles. The molecule has 2 N–H and O–H groups in total. The molecule has 1 amide bonds. The van der Waals surface area contributed by atoms with Crippen LogP contribution in [0.25, 0.3) is 0 Å². The van der Waals surface area contributed by atoms with Crippen LogP contribution in [0.15, 0.2) is 24.3 Å². The number of rotatable bonds is 0. The van der Waals surface area contributed by atoms with E-state index in [-0.39, 0.29) is 12.3 Å². The van der Waals surface area contributed by atoms with Crippen molar-refractivity contribution in [1.82, 2.24) is 5.06 Å². The molecule has 0 radical (unpaired) electrons. The van der Waals surface area contributed by atoms with Crippen molar-refractivity contribution in [3.63, 3.8) is 0 Å². The number of aliphatic hydroxyl groups excluding tert-OH is 1. The standard InChI is InChI=1S/C8H9NO3/c10-6-1-3-8(4-2-6)5-7(11)9(8)12/h1-4,6,10,12H,5H2. The van der Waals surface area contributed by atoms with E-state index < -0.39 is 11.6 Å². The summed E-state index contributed by atoms with van der Waals surface area (Å²) in [4.78, 5) is 10.7. The van der Waals surface area contributed by atoms with Gasteiger partial charge in [-0.2, -0.15) is 0 Å². The molecule has 12 heavy (non-hydrogen) atoms. The molecule has 64 valence electrons. The molecule has 1 aliphatic heterocycles. The van der Waals surface area contributed by atoms with Crippen LogP contribution < -0.4 is 0 Å². The number of hydroxylamine groups is 2. The Morgan fingerprint density at radius 1 is 1.50 bits per heavy atom. The molecule has 0 aromatic carbocycles. The average Bonchev–Trinajstić information content (AvgIpc) is 2.09. The number of nitrogens with zero attached hydrogens (tertiary/aromatic N) is 1. The van der Waals surface area contributed by atoms with Crippen molar-refractivity contribution in [3.05, 3.63) is 24.3 Å². The third kappa shape index (κ3) is 0.821. The van der Waals surface area contributed by atoms with Crippen LogP contribution in [0, 0.1) is 0 Å². The molecule has 1 fully saturated rings. The van der Waals surface area contributed by atoms with Crippen molar-refractivity contribution in [1.29, 1.82) is 0 Å². The van der Waals surface area contributed by atoms with E-state index >= 15 is 0 Å². The van der Waals surface area contributed by atoms with Gasteiger partial charge in [-0.1, -0.05) is 24.3 Å². The second-order valence-electron chi connectivity index (χ2n) is 3.08. The van der Waals surface area contributed by atoms with Gasteiger partial charge >= 0.3 is 0 Å². The van der Waals surface area contributed by atoms with Gasteiger partial charge in [-0.3, -0.25) is 10.0 Å². The van der Waals surface area contributed by atoms with Crippen molar-refractivity contribution in [3.8, 4) is 0 Å². The Hall–Kier alpha value is -1.13. The van der Waals surface area contributed by atoms with E-state index in [2.05, 4.69) is 0 Å². The van der Waals surface area contributed by atoms with Crippen molar-refractivity contribution in [2.75, 3.05) is 0 Å². The highest BCUT2D eigenvalue weighted by molar-refractivity contribution is 5.86. The molecule has 4 nitrogen and oxygen atoms in total. The number of hydrogen-bond donors (Lipinski definition) is 2. The lowest BCUT2D eigenvalue weighted by Gasteiger charge is -2.44. The number of carbonyl (C=O) groups excluding carboxylic acids is 1. The normalized spacial score (nSPS) is 39.0. The number of β-lactam (4-membered cyclic amide) rings is 1. The predicted molar refractivity (Wildman–Crippen MR) is 40.3 cm³/mol. The average molecular weight is 167 g/mol. The van der Waals surface area contributed by atoms with Crippen LogP contribution in [0.4, 0.5) is 0 Å². The maximum Gasteiger partial charge on any atom is 0.250 e. The molecule has 0 unspecified atom stereocenters. The molecule has 4 heteroatoms. The van der Waals surface area contributed by atoms with Gasteiger partial charge in [0, 0.05) is 0 Å². The summed E-state index contributed by atoms with van der Waals surface area (Å²) in [5.41, 5.74) is -0.670. The first-order chi connectivity index (χ1) is 5.64. The zero-order valence-corrected chi connectivity index (χ0v) is 6.34. The number of carbonyl (C=O) groups is 1. The van der Waals surface area contributed by atoms with Crippen LogP contribution in [0.3, 0.4) is 0 Å². The Balaban J connectivity index is 2.21. The first kappa shape index (κ1) is 7.52. The van der Waals surface area contributed by atoms with Gasteiger partial charge in [0.05, 0.1) is 12.5 Å². The molecule has 0 aromatic rings. The molecule has 1 saturated heterocycles. The summed E-state index contributed by atoms with van der Waals surface area (Å²) in [5, 5.41) is 18.9. The van der Waals surface area contributed by atoms with Crippen LogP contribution in [-0.2, 0) is 4.79 Å². The molecule has 0 atom stereocenters. The van der Waals surface area contributed by atoms with E-state index in [1.807, 2.05) is 0 Å². The van der Waals surface area contributed by atoms with E-state index in [1.54, 1.807) is 24.3 Å². The quantitative estimate of drug-likeness (QED) is 0.299. The lowest BCUT2D eigenvalue weighted by Crippen LogP contribution is -2.60. The smallest absolute Gasteiger partial charge is 0.250 e. The van der Waals surface area contributed by atoms with Gasteiger partial charge in [-0.05, 0) is 0 Å². The fraction of sp³-hybridized carbons (Fsp3) is 0.375. The Bertz CT molecular complexity index is 268. The SMILES string of the molecule is O=C1CC2(C=CC(O)C=C2)N1O. The highest BCUT2D eigenvalue weighted by Gasteiger charge is 2.48. The molecule has 1 heterocycles. The number of aliphatic hydroxyl groups is 1. The number of hydrogen-bond acceptors (Lipinski definition) is 3. The van der Waals surface area contributed by atoms with Crippen molar-refractivity contribution in [2.45, 2.75) is 18.1 Å². The fourth-order valence-electron chi connectivity index (χ4n) is 1.44. The van der Waals surface area contributed by atoms with Crippen molar-refractivity contribution in [2.24, 2.45) is 0 Å². The van der Waals surface area contributed by atoms with Crippen LogP contribution in [0.5, 0.6) is 0 Å². The molecule has 1 spiro atoms. The Labute approximate surface area is 69.4 Å². The topological polar surface area (TPSA) is 60.8 Å². The summed E-state index contributed by atoms with van der Waals surface area (Å²) in [6, 6.07) is 0. The first-order valence-electron chi connectivity index (χ1n) is 3.73. The third-order valence-corrected chi connectivity index (χ3v) is 2.23. The molecule has 0 aromatic heterocycles. The summed E-state index contributed by atoms with van der Waals surface area (Å²) in [7, 11) is 0. The second kappa shape index (κ2) is 2.18. The monoisotopic (exact) mass is 167 g/mol. The highest BCUT2D eigenvalue weighted by Crippen LogP contribution is 2.34. The van der Waals surface area contributed by atoms with Crippen LogP contribution in [0.2, 0.25) is 0 Å². The summed E-state index contributed by atoms with van der Waals surface area (Å²) in [6.07, 6.45) is 6.06. The van der Waals surface area contributed by atoms with E-state index in [0.717, 1.165) is 0 Å². The van der Waals surface area contributed by atoms with Gasteiger partial charge in [0.25, 0.3) is 0 Å². The zero-order valence-electron chi connectivity index (χ0n) is 6.34. The molecular weight excluding hydrogens is 158 g/mol. The Kier molecular flexibility index (Phi) is 1.37. The van der Waals surface area contributed by atoms with E-state index in [1.165, 1.54) is 0 Å². The van der Waals surface area contributed by atoms with Crippen molar-refractivity contribution < 1.29 is 15.1 Å². The maximum absolute atomic E-state index is 10.7. The van der Waals surface area contributed by atoms with E-state index in [9.17, 15) is 10.0 Å². The van der Waals surface area contributed by atoms with Gasteiger partial charge in [-0.15, -0.1) is 0 Å². The molecular formula is C8H9NO3. The van der Waals surface area contributed by atoms with Crippen molar-refractivity contribution >= 4 is 5.91 Å². The minimum absolute atomic E-state index is 0.281.